The van der Waals surface area contributed by atoms with E-state index in [1.54, 1.807) is 6.08 Å². The van der Waals surface area contributed by atoms with E-state index in [1.807, 2.05) is 0 Å². The molecule has 0 radical (unpaired) electrons. The highest BCUT2D eigenvalue weighted by Crippen LogP contribution is 2.18. The molecule has 0 fully saturated rings. The van der Waals surface area contributed by atoms with Crippen LogP contribution in [0.4, 0.5) is 0 Å². The molecule has 4 nitrogen and oxygen atoms in total. The van der Waals surface area contributed by atoms with Crippen molar-refractivity contribution in [3.8, 4) is 0 Å². The summed E-state index contributed by atoms with van der Waals surface area (Å²) in [4.78, 5) is 20.9. The van der Waals surface area contributed by atoms with E-state index >= 15 is 0 Å². The average Bonchev–Trinajstić information content (AvgIpc) is 3.10. The van der Waals surface area contributed by atoms with Gasteiger partial charge in [0.25, 0.3) is 0 Å². The van der Waals surface area contributed by atoms with E-state index in [4.69, 9.17) is 10.2 Å². The number of unbranched alkanes of at least 4 members (excludes halogenated alkanes) is 40. The lowest BCUT2D eigenvalue weighted by molar-refractivity contribution is -0.137. The van der Waals surface area contributed by atoms with Gasteiger partial charge in [-0.1, -0.05) is 250 Å². The molecule has 0 atom stereocenters. The molecule has 0 aliphatic heterocycles. The van der Waals surface area contributed by atoms with E-state index in [-0.39, 0.29) is 0 Å². The molecule has 0 spiro atoms. The first kappa shape index (κ1) is 48.7. The standard InChI is InChI=1S/C46H88O4/c47-45(48)43-41-39-37-35-33-31-29-27-25-23-21-19-17-15-13-11-9-7-5-3-1-2-4-6-8-10-12-14-16-18-20-22-24-26-28-30-32-34-36-38-40-42-44-46(49)50/h41,43H,1-40,42,44H2,(H,47,48)(H,49,50). The molecule has 0 saturated heterocycles. The van der Waals surface area contributed by atoms with E-state index in [0.29, 0.717) is 6.42 Å². The molecule has 0 aromatic heterocycles. The zero-order valence-corrected chi connectivity index (χ0v) is 33.6. The molecule has 0 saturated carbocycles. The summed E-state index contributed by atoms with van der Waals surface area (Å²) in [6.45, 7) is 0. The first-order valence-electron chi connectivity index (χ1n) is 22.7. The number of rotatable bonds is 44. The largest absolute Gasteiger partial charge is 0.481 e. The summed E-state index contributed by atoms with van der Waals surface area (Å²) in [7, 11) is 0. The molecule has 2 N–H and O–H groups in total. The average molecular weight is 705 g/mol. The highest BCUT2D eigenvalue weighted by Gasteiger charge is 1.99. The van der Waals surface area contributed by atoms with Gasteiger partial charge >= 0.3 is 11.9 Å². The van der Waals surface area contributed by atoms with E-state index in [0.717, 1.165) is 25.7 Å². The predicted octanol–water partition coefficient (Wildman–Crippen LogP) is 16.1. The Hall–Kier alpha value is -1.32. The molecule has 50 heavy (non-hydrogen) atoms. The highest BCUT2D eigenvalue weighted by molar-refractivity contribution is 5.79. The van der Waals surface area contributed by atoms with Gasteiger partial charge in [0.1, 0.15) is 0 Å². The van der Waals surface area contributed by atoms with Crippen molar-refractivity contribution in [2.24, 2.45) is 0 Å². The number of allylic oxidation sites excluding steroid dienone is 1. The van der Waals surface area contributed by atoms with Crippen molar-refractivity contribution in [1.29, 1.82) is 0 Å². The van der Waals surface area contributed by atoms with Crippen molar-refractivity contribution in [2.75, 3.05) is 0 Å². The Bertz CT molecular complexity index is 702. The first-order chi connectivity index (χ1) is 24.6. The Balaban J connectivity index is 3.07. The molecule has 0 amide bonds. The Morgan fingerprint density at radius 2 is 0.460 bits per heavy atom. The van der Waals surface area contributed by atoms with Gasteiger partial charge in [-0.2, -0.15) is 0 Å². The van der Waals surface area contributed by atoms with E-state index in [1.165, 1.54) is 244 Å². The summed E-state index contributed by atoms with van der Waals surface area (Å²) >= 11 is 0. The van der Waals surface area contributed by atoms with Crippen molar-refractivity contribution >= 4 is 11.9 Å². The summed E-state index contributed by atoms with van der Waals surface area (Å²) in [6, 6.07) is 0. The van der Waals surface area contributed by atoms with Crippen LogP contribution in [0.5, 0.6) is 0 Å². The lowest BCUT2D eigenvalue weighted by Gasteiger charge is -2.05. The molecule has 296 valence electrons. The second-order valence-corrected chi connectivity index (χ2v) is 15.8. The Morgan fingerprint density at radius 3 is 0.640 bits per heavy atom. The first-order valence-corrected chi connectivity index (χ1v) is 22.7. The van der Waals surface area contributed by atoms with Crippen molar-refractivity contribution in [1.82, 2.24) is 0 Å². The molecule has 0 heterocycles. The molecular weight excluding hydrogens is 617 g/mol. The van der Waals surface area contributed by atoms with Crippen LogP contribution in [0.25, 0.3) is 0 Å². The maximum atomic E-state index is 10.5. The molecule has 0 aliphatic carbocycles. The van der Waals surface area contributed by atoms with Crippen LogP contribution in [0.2, 0.25) is 0 Å². The van der Waals surface area contributed by atoms with Crippen LogP contribution in [0.15, 0.2) is 12.2 Å². The van der Waals surface area contributed by atoms with Crippen LogP contribution >= 0.6 is 0 Å². The van der Waals surface area contributed by atoms with Crippen LogP contribution < -0.4 is 0 Å². The maximum absolute atomic E-state index is 10.5. The smallest absolute Gasteiger partial charge is 0.327 e. The number of carboxylic acid groups (broad SMARTS) is 2. The summed E-state index contributed by atoms with van der Waals surface area (Å²) < 4.78 is 0. The summed E-state index contributed by atoms with van der Waals surface area (Å²) in [5, 5.41) is 17.2. The third-order valence-corrected chi connectivity index (χ3v) is 10.8. The zero-order chi connectivity index (χ0) is 36.3. The molecule has 0 aromatic carbocycles. The van der Waals surface area contributed by atoms with Crippen LogP contribution in [0, 0.1) is 0 Å². The van der Waals surface area contributed by atoms with Crippen LogP contribution in [-0.2, 0) is 9.59 Å². The normalized spacial score (nSPS) is 11.6. The van der Waals surface area contributed by atoms with Gasteiger partial charge in [-0.3, -0.25) is 4.79 Å². The molecule has 0 aromatic rings. The quantitative estimate of drug-likeness (QED) is 0.0489. The van der Waals surface area contributed by atoms with Crippen molar-refractivity contribution in [3.63, 3.8) is 0 Å². The number of carboxylic acids is 2. The highest BCUT2D eigenvalue weighted by atomic mass is 16.4. The van der Waals surface area contributed by atoms with Crippen molar-refractivity contribution < 1.29 is 19.8 Å². The third kappa shape index (κ3) is 46.7. The topological polar surface area (TPSA) is 74.6 Å². The second-order valence-electron chi connectivity index (χ2n) is 15.8. The maximum Gasteiger partial charge on any atom is 0.327 e. The van der Waals surface area contributed by atoms with Gasteiger partial charge in [0, 0.05) is 12.5 Å². The number of hydrogen-bond donors (Lipinski definition) is 2. The molecule has 0 bridgehead atoms. The monoisotopic (exact) mass is 705 g/mol. The lowest BCUT2D eigenvalue weighted by atomic mass is 10.0. The van der Waals surface area contributed by atoms with Gasteiger partial charge in [0.05, 0.1) is 0 Å². The summed E-state index contributed by atoms with van der Waals surface area (Å²) in [5.74, 6) is -1.48. The van der Waals surface area contributed by atoms with Crippen LogP contribution in [-0.4, -0.2) is 22.2 Å². The molecular formula is C46H88O4. The molecule has 4 heteroatoms. The number of carbonyl (C=O) groups is 2. The van der Waals surface area contributed by atoms with Crippen LogP contribution in [0.1, 0.15) is 270 Å². The van der Waals surface area contributed by atoms with Gasteiger partial charge in [-0.25, -0.2) is 4.79 Å². The second kappa shape index (κ2) is 43.8. The van der Waals surface area contributed by atoms with Gasteiger partial charge in [-0.05, 0) is 19.3 Å². The Labute approximate surface area is 312 Å². The Kier molecular flexibility index (Phi) is 42.7. The number of aliphatic carboxylic acids is 2. The zero-order valence-electron chi connectivity index (χ0n) is 33.6. The minimum absolute atomic E-state index is 0.342. The fraction of sp³-hybridized carbons (Fsp3) is 0.913. The molecule has 0 aliphatic rings. The van der Waals surface area contributed by atoms with E-state index in [2.05, 4.69) is 0 Å². The van der Waals surface area contributed by atoms with Crippen molar-refractivity contribution in [3.05, 3.63) is 12.2 Å². The lowest BCUT2D eigenvalue weighted by Crippen LogP contribution is -1.93. The Morgan fingerprint density at radius 1 is 0.280 bits per heavy atom. The minimum Gasteiger partial charge on any atom is -0.481 e. The molecule has 0 unspecified atom stereocenters. The van der Waals surface area contributed by atoms with Gasteiger partial charge < -0.3 is 10.2 Å². The van der Waals surface area contributed by atoms with E-state index in [9.17, 15) is 9.59 Å². The van der Waals surface area contributed by atoms with Crippen molar-refractivity contribution in [2.45, 2.75) is 270 Å². The SMILES string of the molecule is O=C(O)C=CCCCCCCCCCCCCCCCCCCCCCCCCCCCCCCCCCCCCCCCCCCC(=O)O. The summed E-state index contributed by atoms with van der Waals surface area (Å²) in [5.41, 5.74) is 0. The van der Waals surface area contributed by atoms with E-state index < -0.39 is 11.9 Å². The van der Waals surface area contributed by atoms with Gasteiger partial charge in [0.2, 0.25) is 0 Å². The minimum atomic E-state index is -0.831. The predicted molar refractivity (Wildman–Crippen MR) is 218 cm³/mol. The third-order valence-electron chi connectivity index (χ3n) is 10.8. The molecule has 0 rings (SSSR count). The number of hydrogen-bond acceptors (Lipinski definition) is 2. The van der Waals surface area contributed by atoms with Crippen LogP contribution in [0.3, 0.4) is 0 Å². The van der Waals surface area contributed by atoms with Gasteiger partial charge in [0.15, 0.2) is 0 Å². The van der Waals surface area contributed by atoms with Gasteiger partial charge in [-0.15, -0.1) is 0 Å². The summed E-state index contributed by atoms with van der Waals surface area (Å²) in [6.07, 6.45) is 59.7. The fourth-order valence-electron chi connectivity index (χ4n) is 7.44. The fourth-order valence-corrected chi connectivity index (χ4v) is 7.44.